The Morgan fingerprint density at radius 3 is 2.72 bits per heavy atom. The lowest BCUT2D eigenvalue weighted by molar-refractivity contribution is 0.0984. The smallest absolute Gasteiger partial charge is 0.267 e. The molecule has 3 aromatic rings. The van der Waals surface area contributed by atoms with Gasteiger partial charge in [-0.25, -0.2) is 0 Å². The van der Waals surface area contributed by atoms with Crippen molar-refractivity contribution in [1.82, 2.24) is 4.57 Å². The molecule has 0 spiro atoms. The minimum Gasteiger partial charge on any atom is -0.506 e. The number of aryl methyl sites for hydroxylation is 1. The Labute approximate surface area is 160 Å². The predicted octanol–water partition coefficient (Wildman–Crippen LogP) is 3.56. The maximum atomic E-state index is 13.6. The number of carbonyl (C=O) groups excluding carboxylic acids is 1. The highest BCUT2D eigenvalue weighted by atomic mass is 35.5. The van der Waals surface area contributed by atoms with Gasteiger partial charge in [-0.05, 0) is 31.1 Å². The first-order chi connectivity index (χ1) is 15.1. The second kappa shape index (κ2) is 6.61. The van der Waals surface area contributed by atoms with Crippen LogP contribution in [0.3, 0.4) is 0 Å². The molecule has 0 saturated heterocycles. The van der Waals surface area contributed by atoms with Crippen LogP contribution in [0.25, 0.3) is 10.9 Å². The van der Waals surface area contributed by atoms with Gasteiger partial charge in [0.05, 0.1) is 15.9 Å². The summed E-state index contributed by atoms with van der Waals surface area (Å²) in [5, 5.41) is 10.3. The van der Waals surface area contributed by atoms with Gasteiger partial charge in [0.15, 0.2) is 0 Å². The van der Waals surface area contributed by atoms with Crippen molar-refractivity contribution in [2.45, 2.75) is 6.85 Å². The monoisotopic (exact) mass is 364 g/mol. The van der Waals surface area contributed by atoms with Gasteiger partial charge in [-0.1, -0.05) is 35.9 Å². The van der Waals surface area contributed by atoms with Crippen LogP contribution in [-0.2, 0) is 6.98 Å². The molecule has 1 heterocycles. The minimum absolute atomic E-state index is 0.179. The van der Waals surface area contributed by atoms with E-state index in [2.05, 4.69) is 0 Å². The van der Waals surface area contributed by atoms with E-state index in [9.17, 15) is 14.7 Å². The maximum absolute atomic E-state index is 13.6. The minimum atomic E-state index is -3.37. The number of aromatic nitrogens is 1. The van der Waals surface area contributed by atoms with Crippen LogP contribution in [0.4, 0.5) is 5.69 Å². The topological polar surface area (TPSA) is 62.5 Å². The van der Waals surface area contributed by atoms with Gasteiger partial charge in [0.25, 0.3) is 11.5 Å². The third-order valence-electron chi connectivity index (χ3n) is 3.67. The number of halogens is 1. The summed E-state index contributed by atoms with van der Waals surface area (Å²) in [5.74, 6) is -2.54. The van der Waals surface area contributed by atoms with Crippen molar-refractivity contribution < 1.29 is 20.9 Å². The number of rotatable bonds is 3. The average Bonchev–Trinajstić information content (AvgIpc) is 2.66. The fourth-order valence-corrected chi connectivity index (χ4v) is 2.75. The van der Waals surface area contributed by atoms with Crippen LogP contribution in [0, 0.1) is 0 Å². The van der Waals surface area contributed by atoms with E-state index in [0.29, 0.717) is 0 Å². The molecular weight excluding hydrogens is 340 g/mol. The zero-order valence-corrected chi connectivity index (χ0v) is 13.4. The molecule has 0 aliphatic carbocycles. The molecule has 6 heteroatoms. The van der Waals surface area contributed by atoms with E-state index in [1.807, 2.05) is 0 Å². The van der Waals surface area contributed by atoms with Crippen molar-refractivity contribution in [3.63, 3.8) is 0 Å². The number of carbonyl (C=O) groups is 1. The number of hydrogen-bond acceptors (Lipinski definition) is 3. The molecule has 0 aliphatic heterocycles. The van der Waals surface area contributed by atoms with E-state index in [1.54, 1.807) is 0 Å². The predicted molar refractivity (Wildman–Crippen MR) is 99.7 cm³/mol. The van der Waals surface area contributed by atoms with E-state index < -0.39 is 43.1 Å². The van der Waals surface area contributed by atoms with Crippen molar-refractivity contribution in [3.8, 4) is 5.75 Å². The summed E-state index contributed by atoms with van der Waals surface area (Å²) >= 11 is 6.12. The number of hydrogen-bond donors (Lipinski definition) is 1. The molecule has 25 heavy (non-hydrogen) atoms. The lowest BCUT2D eigenvalue weighted by atomic mass is 10.1. The maximum Gasteiger partial charge on any atom is 0.267 e. The van der Waals surface area contributed by atoms with E-state index in [-0.39, 0.29) is 31.1 Å². The van der Waals surface area contributed by atoms with E-state index in [4.69, 9.17) is 22.6 Å². The molecular formula is C19H17ClN2O3. The molecule has 0 bridgehead atoms. The molecule has 0 aliphatic rings. The van der Waals surface area contributed by atoms with Crippen molar-refractivity contribution in [2.24, 2.45) is 6.98 Å². The van der Waals surface area contributed by atoms with Gasteiger partial charge < -0.3 is 14.6 Å². The van der Waals surface area contributed by atoms with Gasteiger partial charge in [0.2, 0.25) is 0 Å². The van der Waals surface area contributed by atoms with Crippen LogP contribution in [0.1, 0.15) is 28.2 Å². The normalized spacial score (nSPS) is 17.2. The first-order valence-electron chi connectivity index (χ1n) is 11.1. The Bertz CT molecular complexity index is 1290. The Kier molecular flexibility index (Phi) is 2.55. The summed E-state index contributed by atoms with van der Waals surface area (Å²) in [6.07, 6.45) is 0. The molecule has 5 nitrogen and oxygen atoms in total. The Morgan fingerprint density at radius 1 is 1.28 bits per heavy atom. The number of benzene rings is 2. The molecule has 1 N–H and O–H groups in total. The van der Waals surface area contributed by atoms with Gasteiger partial charge in [-0.3, -0.25) is 9.59 Å². The summed E-state index contributed by atoms with van der Waals surface area (Å²) in [4.78, 5) is 27.0. The van der Waals surface area contributed by atoms with Crippen molar-refractivity contribution in [2.75, 3.05) is 11.4 Å². The second-order valence-electron chi connectivity index (χ2n) is 5.09. The SMILES string of the molecule is [2H]C([2H])([2H])n1c(=O)c(C(=O)N(c2ccccc2)C([2H])([2H])C([2H])([2H])[2H])c(O)c2c(Cl)cccc21. The summed E-state index contributed by atoms with van der Waals surface area (Å²) in [6.45, 7) is -9.82. The summed E-state index contributed by atoms with van der Waals surface area (Å²) < 4.78 is 62.6. The Morgan fingerprint density at radius 2 is 2.04 bits per heavy atom. The fourth-order valence-electron chi connectivity index (χ4n) is 2.50. The van der Waals surface area contributed by atoms with E-state index in [0.717, 1.165) is 0 Å². The standard InChI is InChI=1S/C19H17ClN2O3/c1-3-22(12-8-5-4-6-9-12)19(25)16-17(23)15-13(20)10-7-11-14(15)21(2)18(16)24/h4-11,23H,3H2,1-2H3/i1D3,2D3,3D2. The first kappa shape index (κ1) is 9.63. The van der Waals surface area contributed by atoms with Crippen molar-refractivity contribution >= 4 is 34.1 Å². The summed E-state index contributed by atoms with van der Waals surface area (Å²) in [6, 6.07) is 10.7. The van der Waals surface area contributed by atoms with Crippen LogP contribution < -0.4 is 10.5 Å². The number of para-hydroxylation sites is 1. The van der Waals surface area contributed by atoms with Crippen molar-refractivity contribution in [1.29, 1.82) is 0 Å². The van der Waals surface area contributed by atoms with Gasteiger partial charge in [-0.2, -0.15) is 0 Å². The zero-order valence-electron chi connectivity index (χ0n) is 20.7. The average molecular weight is 365 g/mol. The third-order valence-corrected chi connectivity index (χ3v) is 3.98. The highest BCUT2D eigenvalue weighted by Gasteiger charge is 2.26. The quantitative estimate of drug-likeness (QED) is 0.772. The Hall–Kier alpha value is -2.79. The number of pyridine rings is 1. The molecule has 0 fully saturated rings. The zero-order chi connectivity index (χ0) is 24.9. The molecule has 0 saturated carbocycles. The lowest BCUT2D eigenvalue weighted by Crippen LogP contribution is -2.36. The van der Waals surface area contributed by atoms with Gasteiger partial charge >= 0.3 is 0 Å². The van der Waals surface area contributed by atoms with Crippen molar-refractivity contribution in [3.05, 3.63) is 69.5 Å². The van der Waals surface area contributed by atoms with Crippen LogP contribution in [0.2, 0.25) is 5.02 Å². The molecule has 0 unspecified atom stereocenters. The number of amides is 1. The molecule has 0 radical (unpaired) electrons. The lowest BCUT2D eigenvalue weighted by Gasteiger charge is -2.22. The van der Waals surface area contributed by atoms with E-state index >= 15 is 0 Å². The molecule has 128 valence electrons. The Balaban J connectivity index is 2.45. The number of anilines is 1. The highest BCUT2D eigenvalue weighted by Crippen LogP contribution is 2.33. The third kappa shape index (κ3) is 2.76. The fraction of sp³-hybridized carbons (Fsp3) is 0.158. The van der Waals surface area contributed by atoms with E-state index in [1.165, 1.54) is 48.5 Å². The molecule has 1 aromatic heterocycles. The highest BCUT2D eigenvalue weighted by molar-refractivity contribution is 6.36. The number of aromatic hydroxyl groups is 1. The summed E-state index contributed by atoms with van der Waals surface area (Å²) in [7, 11) is 0. The van der Waals surface area contributed by atoms with Crippen LogP contribution in [0.5, 0.6) is 5.75 Å². The molecule has 3 rings (SSSR count). The molecule has 2 aromatic carbocycles. The number of nitrogens with zero attached hydrogens (tertiary/aromatic N) is 2. The summed E-state index contributed by atoms with van der Waals surface area (Å²) in [5.41, 5.74) is -3.12. The van der Waals surface area contributed by atoms with Crippen LogP contribution in [0.15, 0.2) is 53.3 Å². The van der Waals surface area contributed by atoms with Gasteiger partial charge in [0.1, 0.15) is 11.3 Å². The second-order valence-corrected chi connectivity index (χ2v) is 5.49. The number of fused-ring (bicyclic) bond motifs is 1. The van der Waals surface area contributed by atoms with Crippen LogP contribution >= 0.6 is 11.6 Å². The van der Waals surface area contributed by atoms with Crippen LogP contribution in [-0.4, -0.2) is 22.1 Å². The van der Waals surface area contributed by atoms with Gasteiger partial charge in [0, 0.05) is 30.1 Å². The first-order valence-corrected chi connectivity index (χ1v) is 7.45. The molecule has 0 atom stereocenters. The molecule has 1 amide bonds. The van der Waals surface area contributed by atoms with Gasteiger partial charge in [-0.15, -0.1) is 0 Å². The largest absolute Gasteiger partial charge is 0.506 e.